The number of anilines is 3. The second-order valence-corrected chi connectivity index (χ2v) is 34.9. The number of ether oxygens (including phenoxy) is 3. The molecule has 28 heteroatoms. The number of nitrogens with one attached hydrogen (secondary N) is 5. The number of nitrogen functional groups attached to an aromatic ring is 1. The number of aliphatic carboxylic acids is 1. The lowest BCUT2D eigenvalue weighted by atomic mass is 9.94. The summed E-state index contributed by atoms with van der Waals surface area (Å²) in [6.07, 6.45) is -0.773. The Kier molecular flexibility index (Phi) is 33.0. The maximum absolute atomic E-state index is 14.4. The first-order valence-electron chi connectivity index (χ1n) is 32.7. The van der Waals surface area contributed by atoms with Crippen molar-refractivity contribution in [2.24, 2.45) is 5.73 Å². The Balaban J connectivity index is 0.000000436. The molecule has 0 bridgehead atoms. The molecular weight excluding hydrogens is 1560 g/mol. The van der Waals surface area contributed by atoms with Crippen LogP contribution in [0.3, 0.4) is 0 Å². The number of hydrogen-bond acceptors (Lipinski definition) is 14. The van der Waals surface area contributed by atoms with Crippen molar-refractivity contribution in [2.75, 3.05) is 16.4 Å². The van der Waals surface area contributed by atoms with Crippen LogP contribution in [0.15, 0.2) is 66.4 Å². The van der Waals surface area contributed by atoms with E-state index in [9.17, 15) is 41.5 Å². The number of imidazole rings is 2. The van der Waals surface area contributed by atoms with E-state index in [0.717, 1.165) is 21.3 Å². The third-order valence-corrected chi connectivity index (χ3v) is 14.9. The van der Waals surface area contributed by atoms with Crippen LogP contribution in [0.2, 0.25) is 0 Å². The Morgan fingerprint density at radius 1 is 0.490 bits per heavy atom. The van der Waals surface area contributed by atoms with Crippen LogP contribution in [0.5, 0.6) is 0 Å². The zero-order valence-corrected chi connectivity index (χ0v) is 69.0. The normalized spacial score (nSPS) is 12.1. The minimum atomic E-state index is -0.962. The van der Waals surface area contributed by atoms with Gasteiger partial charge in [0.05, 0.1) is 28.8 Å². The van der Waals surface area contributed by atoms with E-state index < -0.39 is 69.3 Å². The Morgan fingerprint density at radius 3 is 1.18 bits per heavy atom. The van der Waals surface area contributed by atoms with Crippen molar-refractivity contribution in [3.63, 3.8) is 0 Å². The van der Waals surface area contributed by atoms with Crippen LogP contribution in [0.1, 0.15) is 215 Å². The molecule has 10 N–H and O–H groups in total. The minimum absolute atomic E-state index is 0.0584. The van der Waals surface area contributed by atoms with Crippen LogP contribution in [0, 0.1) is 23.3 Å². The summed E-state index contributed by atoms with van der Waals surface area (Å²) in [7, 11) is 0. The predicted octanol–water partition coefficient (Wildman–Crippen LogP) is 19.1. The van der Waals surface area contributed by atoms with E-state index in [1.54, 1.807) is 81.4 Å². The Morgan fingerprint density at radius 2 is 0.820 bits per heavy atom. The summed E-state index contributed by atoms with van der Waals surface area (Å²) in [4.78, 5) is 67.4. The number of rotatable bonds is 19. The molecular formula is C72H107Br4F4N11O9. The summed E-state index contributed by atoms with van der Waals surface area (Å²) in [5, 5.41) is 22.9. The number of nitrogens with zero attached hydrogens (tertiary/aromatic N) is 4. The lowest BCUT2D eigenvalue weighted by molar-refractivity contribution is -0.138. The number of nitrogens with two attached hydrogens (primary N) is 2. The number of halogens is 8. The van der Waals surface area contributed by atoms with Crippen LogP contribution in [0.25, 0.3) is 22.1 Å². The number of amides is 3. The van der Waals surface area contributed by atoms with Gasteiger partial charge in [0, 0.05) is 101 Å². The summed E-state index contributed by atoms with van der Waals surface area (Å²) >= 11 is 13.2. The zero-order chi connectivity index (χ0) is 77.5. The number of benzene rings is 4. The second kappa shape index (κ2) is 36.8. The molecule has 20 nitrogen and oxygen atoms in total. The summed E-state index contributed by atoms with van der Waals surface area (Å²) in [6.45, 7) is 46.4. The Labute approximate surface area is 622 Å². The van der Waals surface area contributed by atoms with Crippen LogP contribution >= 0.6 is 63.7 Å². The van der Waals surface area contributed by atoms with Crippen molar-refractivity contribution in [3.05, 3.63) is 107 Å². The van der Waals surface area contributed by atoms with E-state index >= 15 is 0 Å². The van der Waals surface area contributed by atoms with Gasteiger partial charge in [0.15, 0.2) is 11.6 Å². The van der Waals surface area contributed by atoms with Gasteiger partial charge in [-0.15, -0.1) is 0 Å². The van der Waals surface area contributed by atoms with E-state index in [2.05, 4.69) is 119 Å². The summed E-state index contributed by atoms with van der Waals surface area (Å²) in [5.74, 6) is -1.12. The van der Waals surface area contributed by atoms with Crippen molar-refractivity contribution in [2.45, 2.75) is 268 Å². The van der Waals surface area contributed by atoms with Crippen LogP contribution < -0.4 is 38.1 Å². The van der Waals surface area contributed by atoms with Gasteiger partial charge in [-0.1, -0.05) is 63.7 Å². The van der Waals surface area contributed by atoms with Gasteiger partial charge < -0.3 is 66.5 Å². The second-order valence-electron chi connectivity index (χ2n) is 31.2. The minimum Gasteiger partial charge on any atom is -0.481 e. The molecule has 0 atom stereocenters. The van der Waals surface area contributed by atoms with Gasteiger partial charge in [-0.2, -0.15) is 0 Å². The van der Waals surface area contributed by atoms with Gasteiger partial charge in [-0.05, 0) is 222 Å². The first-order valence-corrected chi connectivity index (χ1v) is 35.9. The molecule has 6 aromatic rings. The average molecular weight is 1670 g/mol. The molecule has 2 aromatic heterocycles. The van der Waals surface area contributed by atoms with Gasteiger partial charge in [-0.25, -0.2) is 41.9 Å². The van der Waals surface area contributed by atoms with Crippen molar-refractivity contribution in [1.82, 2.24) is 35.1 Å². The molecule has 0 saturated carbocycles. The molecule has 0 saturated heterocycles. The van der Waals surface area contributed by atoms with Gasteiger partial charge in [0.1, 0.15) is 56.9 Å². The third kappa shape index (κ3) is 32.8. The van der Waals surface area contributed by atoms with Crippen molar-refractivity contribution in [3.8, 4) is 0 Å². The monoisotopic (exact) mass is 1660 g/mol. The number of carboxylic acids is 1. The van der Waals surface area contributed by atoms with Crippen molar-refractivity contribution >= 4 is 133 Å². The van der Waals surface area contributed by atoms with Crippen molar-refractivity contribution in [1.29, 1.82) is 0 Å². The fourth-order valence-corrected chi connectivity index (χ4v) is 11.5. The number of aromatic nitrogens is 4. The molecule has 3 amide bonds. The summed E-state index contributed by atoms with van der Waals surface area (Å²) < 4.78 is 78.2. The summed E-state index contributed by atoms with van der Waals surface area (Å²) in [5.41, 5.74) is 11.2. The van der Waals surface area contributed by atoms with Gasteiger partial charge in [-0.3, -0.25) is 9.59 Å². The quantitative estimate of drug-likeness (QED) is 0.0213. The molecule has 2 heterocycles. The molecule has 0 aliphatic carbocycles. The first kappa shape index (κ1) is 89.9. The van der Waals surface area contributed by atoms with Crippen LogP contribution in [0.4, 0.5) is 49.0 Å². The lowest BCUT2D eigenvalue weighted by Crippen LogP contribution is -2.47. The highest BCUT2D eigenvalue weighted by molar-refractivity contribution is 9.11. The highest BCUT2D eigenvalue weighted by atomic mass is 79.9. The number of carboxylic acid groups (broad SMARTS) is 1. The van der Waals surface area contributed by atoms with Crippen molar-refractivity contribution < 1.29 is 60.9 Å². The molecule has 0 aliphatic rings. The average Bonchev–Trinajstić information content (AvgIpc) is 1.63. The first-order chi connectivity index (χ1) is 45.2. The number of ketones is 1. The molecule has 0 fully saturated rings. The molecule has 0 radical (unpaired) electrons. The largest absolute Gasteiger partial charge is 0.481 e. The maximum Gasteiger partial charge on any atom is 0.408 e. The SMILES string of the molecule is CC(C)(CC(=O)O)NC(=O)OC(C)(C)C.CC(C)Nc1cc(Br)cc(F)c1CC(=O)CC(C)(C)NC(=O)OC(C)(C)C.CC(C)Nc1cc(Br)cc(F)c1N.CC(C)n1c(CC(C)(C)N)nc2c(F)cc(Br)cc21.CC(C)n1c(CC(C)(C)NC(=O)OC(C)(C)C)nc2c(F)cc(Br)cc21. The number of carbonyl (C=O) groups is 5. The maximum atomic E-state index is 14.4. The van der Waals surface area contributed by atoms with E-state index in [0.29, 0.717) is 60.1 Å². The van der Waals surface area contributed by atoms with Gasteiger partial charge >= 0.3 is 24.2 Å². The molecule has 6 rings (SSSR count). The highest BCUT2D eigenvalue weighted by Gasteiger charge is 2.32. The highest BCUT2D eigenvalue weighted by Crippen LogP contribution is 2.33. The fraction of sp³-hybridized carbons (Fsp3) is 0.569. The van der Waals surface area contributed by atoms with Gasteiger partial charge in [0.25, 0.3) is 0 Å². The number of fused-ring (bicyclic) bond motifs is 2. The lowest BCUT2D eigenvalue weighted by Gasteiger charge is -2.29. The standard InChI is InChI=1S/C20H30BrFN2O3.C19H27BrFN3O2.C14H19BrFN3.C10H19NO4.C9H12BrFN2/c1-12(2)23-17-9-13(21)8-16(22)15(17)10-14(25)11-20(6,7)24-18(26)27-19(3,4)5;1-11(2)24-14-9-12(20)8-13(21)16(14)22-15(24)10-19(6,7)23-17(25)26-18(3,4)5;1-8(2)19-11-6-9(15)5-10(16)13(11)18-12(19)7-14(3,4)17;1-9(2,3)15-8(14)11-10(4,5)6-7(12)13;1-5(2)13-8-4-6(10)3-7(11)9(8)12/h8-9,12,23H,10-11H2,1-7H3,(H,24,26);8-9,11H,10H2,1-7H3,(H,23,25);5-6,8H,7,17H2,1-4H3;6H2,1-5H3,(H,11,14)(H,12,13);3-5,13H,12H2,1-2H3. The van der Waals surface area contributed by atoms with E-state index in [1.807, 2.05) is 107 Å². The number of alkyl carbamates (subject to hydrolysis) is 3. The number of hydrogen-bond donors (Lipinski definition) is 8. The van der Waals surface area contributed by atoms with Crippen LogP contribution in [-0.2, 0) is 43.1 Å². The smallest absolute Gasteiger partial charge is 0.408 e. The topological polar surface area (TPSA) is 281 Å². The van der Waals surface area contributed by atoms with E-state index in [4.69, 9.17) is 30.8 Å². The number of Topliss-reactive ketones (excluding diaryl/α,β-unsaturated/α-hetero) is 1. The van der Waals surface area contributed by atoms with E-state index in [-0.39, 0.29) is 72.1 Å². The zero-order valence-electron chi connectivity index (χ0n) is 62.6. The molecule has 4 aromatic carbocycles. The molecule has 560 valence electrons. The molecule has 0 spiro atoms. The van der Waals surface area contributed by atoms with Crippen LogP contribution in [-0.4, -0.2) is 105 Å². The van der Waals surface area contributed by atoms with Gasteiger partial charge in [0.2, 0.25) is 0 Å². The molecule has 0 unspecified atom stereocenters. The third-order valence-electron chi connectivity index (χ3n) is 13.1. The summed E-state index contributed by atoms with van der Waals surface area (Å²) in [6, 6.07) is 13.5. The Bertz CT molecular complexity index is 3790. The Hall–Kier alpha value is -6.23. The molecule has 0 aliphatic heterocycles. The fourth-order valence-electron chi connectivity index (χ4n) is 9.78. The van der Waals surface area contributed by atoms with E-state index in [1.165, 1.54) is 24.3 Å². The molecule has 100 heavy (non-hydrogen) atoms. The predicted molar refractivity (Wildman–Crippen MR) is 407 cm³/mol. The number of carbonyl (C=O) groups excluding carboxylic acids is 4.